The maximum absolute atomic E-state index is 13.7. The van der Waals surface area contributed by atoms with E-state index in [9.17, 15) is 8.78 Å². The second kappa shape index (κ2) is 5.07. The third-order valence-corrected chi connectivity index (χ3v) is 2.87. The van der Waals surface area contributed by atoms with Gasteiger partial charge in [-0.3, -0.25) is 0 Å². The summed E-state index contributed by atoms with van der Waals surface area (Å²) in [5.74, 6) is -0.977. The zero-order chi connectivity index (χ0) is 14.0. The second-order valence-corrected chi connectivity index (χ2v) is 4.35. The molecule has 0 saturated heterocycles. The normalized spacial score (nSPS) is 10.1. The molecule has 96 valence electrons. The number of rotatable bonds is 2. The minimum absolute atomic E-state index is 0.0761. The van der Waals surface area contributed by atoms with Crippen LogP contribution < -0.4 is 5.32 Å². The molecule has 19 heavy (non-hydrogen) atoms. The van der Waals surface area contributed by atoms with Gasteiger partial charge in [0.15, 0.2) is 0 Å². The van der Waals surface area contributed by atoms with Gasteiger partial charge in [-0.1, -0.05) is 0 Å². The topological polar surface area (TPSA) is 35.8 Å². The summed E-state index contributed by atoms with van der Waals surface area (Å²) in [5, 5.41) is 11.6. The van der Waals surface area contributed by atoms with E-state index in [1.54, 1.807) is 25.1 Å². The monoisotopic (exact) mass is 258 g/mol. The molecule has 1 N–H and O–H groups in total. The number of nitrogens with one attached hydrogen (secondary N) is 1. The van der Waals surface area contributed by atoms with Gasteiger partial charge in [-0.15, -0.1) is 0 Å². The molecule has 2 aromatic carbocycles. The number of halogens is 2. The van der Waals surface area contributed by atoms with Crippen molar-refractivity contribution < 1.29 is 8.78 Å². The first-order valence-corrected chi connectivity index (χ1v) is 5.74. The Morgan fingerprint density at radius 3 is 2.37 bits per heavy atom. The fourth-order valence-electron chi connectivity index (χ4n) is 1.76. The van der Waals surface area contributed by atoms with Crippen LogP contribution in [0.4, 0.5) is 20.2 Å². The minimum Gasteiger partial charge on any atom is -0.353 e. The van der Waals surface area contributed by atoms with Crippen LogP contribution in [0, 0.1) is 36.8 Å². The van der Waals surface area contributed by atoms with Gasteiger partial charge in [-0.2, -0.15) is 5.26 Å². The lowest BCUT2D eigenvalue weighted by Crippen LogP contribution is -1.97. The largest absolute Gasteiger partial charge is 0.353 e. The maximum Gasteiger partial charge on any atom is 0.147 e. The minimum atomic E-state index is -0.513. The lowest BCUT2D eigenvalue weighted by molar-refractivity contribution is 0.595. The SMILES string of the molecule is Cc1cc(F)c(Nc2ccc(C#N)c(C)c2)cc1F. The van der Waals surface area contributed by atoms with Crippen molar-refractivity contribution >= 4 is 11.4 Å². The molecule has 0 fully saturated rings. The Kier molecular flexibility index (Phi) is 3.48. The highest BCUT2D eigenvalue weighted by molar-refractivity contribution is 5.63. The van der Waals surface area contributed by atoms with Gasteiger partial charge >= 0.3 is 0 Å². The molecule has 0 saturated carbocycles. The van der Waals surface area contributed by atoms with Gasteiger partial charge in [-0.05, 0) is 49.2 Å². The van der Waals surface area contributed by atoms with E-state index in [1.807, 2.05) is 0 Å². The predicted molar refractivity (Wildman–Crippen MR) is 70.3 cm³/mol. The number of anilines is 2. The van der Waals surface area contributed by atoms with Gasteiger partial charge in [0.25, 0.3) is 0 Å². The first kappa shape index (κ1) is 13.0. The van der Waals surface area contributed by atoms with Crippen molar-refractivity contribution in [3.05, 3.63) is 58.7 Å². The van der Waals surface area contributed by atoms with Crippen LogP contribution in [0.2, 0.25) is 0 Å². The number of aryl methyl sites for hydroxylation is 2. The Hall–Kier alpha value is -2.41. The number of nitrogens with zero attached hydrogens (tertiary/aromatic N) is 1. The number of benzene rings is 2. The molecular formula is C15H12F2N2. The zero-order valence-electron chi connectivity index (χ0n) is 10.6. The molecular weight excluding hydrogens is 246 g/mol. The first-order chi connectivity index (χ1) is 9.01. The summed E-state index contributed by atoms with van der Waals surface area (Å²) in [6.07, 6.45) is 0. The van der Waals surface area contributed by atoms with E-state index in [1.165, 1.54) is 6.92 Å². The van der Waals surface area contributed by atoms with Gasteiger partial charge in [0.05, 0.1) is 17.3 Å². The molecule has 4 heteroatoms. The molecule has 0 aliphatic heterocycles. The first-order valence-electron chi connectivity index (χ1n) is 5.74. The summed E-state index contributed by atoms with van der Waals surface area (Å²) < 4.78 is 27.1. The molecule has 0 unspecified atom stereocenters. The van der Waals surface area contributed by atoms with E-state index in [-0.39, 0.29) is 11.3 Å². The highest BCUT2D eigenvalue weighted by Gasteiger charge is 2.08. The van der Waals surface area contributed by atoms with Crippen molar-refractivity contribution in [2.75, 3.05) is 5.32 Å². The fourth-order valence-corrected chi connectivity index (χ4v) is 1.76. The third kappa shape index (κ3) is 2.71. The van der Waals surface area contributed by atoms with Gasteiger partial charge in [0.2, 0.25) is 0 Å². The molecule has 0 amide bonds. The summed E-state index contributed by atoms with van der Waals surface area (Å²) in [7, 11) is 0. The van der Waals surface area contributed by atoms with Crippen LogP contribution >= 0.6 is 0 Å². The van der Waals surface area contributed by atoms with Crippen molar-refractivity contribution in [3.8, 4) is 6.07 Å². The third-order valence-electron chi connectivity index (χ3n) is 2.87. The molecule has 0 radical (unpaired) electrons. The molecule has 0 atom stereocenters. The average Bonchev–Trinajstić information content (AvgIpc) is 2.36. The van der Waals surface area contributed by atoms with Crippen LogP contribution in [0.25, 0.3) is 0 Å². The molecule has 0 aliphatic rings. The van der Waals surface area contributed by atoms with Crippen LogP contribution in [0.5, 0.6) is 0 Å². The van der Waals surface area contributed by atoms with Gasteiger partial charge in [0.1, 0.15) is 11.6 Å². The molecule has 2 aromatic rings. The lowest BCUT2D eigenvalue weighted by atomic mass is 10.1. The van der Waals surface area contributed by atoms with Crippen LogP contribution in [0.15, 0.2) is 30.3 Å². The molecule has 0 heterocycles. The van der Waals surface area contributed by atoms with Gasteiger partial charge < -0.3 is 5.32 Å². The smallest absolute Gasteiger partial charge is 0.147 e. The summed E-state index contributed by atoms with van der Waals surface area (Å²) in [6, 6.07) is 9.34. The van der Waals surface area contributed by atoms with E-state index in [2.05, 4.69) is 11.4 Å². The Bertz CT molecular complexity index is 673. The average molecular weight is 258 g/mol. The summed E-state index contributed by atoms with van der Waals surface area (Å²) >= 11 is 0. The molecule has 0 bridgehead atoms. The predicted octanol–water partition coefficient (Wildman–Crippen LogP) is 4.20. The Balaban J connectivity index is 2.34. The van der Waals surface area contributed by atoms with Crippen LogP contribution in [0.3, 0.4) is 0 Å². The second-order valence-electron chi connectivity index (χ2n) is 4.35. The van der Waals surface area contributed by atoms with Crippen molar-refractivity contribution in [1.29, 1.82) is 5.26 Å². The Morgan fingerprint density at radius 2 is 1.74 bits per heavy atom. The molecule has 2 rings (SSSR count). The van der Waals surface area contributed by atoms with Crippen molar-refractivity contribution in [2.24, 2.45) is 0 Å². The molecule has 0 spiro atoms. The maximum atomic E-state index is 13.7. The lowest BCUT2D eigenvalue weighted by Gasteiger charge is -2.10. The number of hydrogen-bond acceptors (Lipinski definition) is 2. The molecule has 0 aromatic heterocycles. The fraction of sp³-hybridized carbons (Fsp3) is 0.133. The van der Waals surface area contributed by atoms with E-state index in [0.29, 0.717) is 11.3 Å². The Morgan fingerprint density at radius 1 is 1.00 bits per heavy atom. The summed E-state index contributed by atoms with van der Waals surface area (Å²) in [5.41, 5.74) is 2.28. The summed E-state index contributed by atoms with van der Waals surface area (Å²) in [6.45, 7) is 3.30. The highest BCUT2D eigenvalue weighted by Crippen LogP contribution is 2.24. The Labute approximate surface area is 110 Å². The molecule has 0 aliphatic carbocycles. The van der Waals surface area contributed by atoms with Crippen molar-refractivity contribution in [2.45, 2.75) is 13.8 Å². The van der Waals surface area contributed by atoms with Crippen LogP contribution in [-0.4, -0.2) is 0 Å². The number of hydrogen-bond donors (Lipinski definition) is 1. The van der Waals surface area contributed by atoms with Crippen molar-refractivity contribution in [3.63, 3.8) is 0 Å². The van der Waals surface area contributed by atoms with Gasteiger partial charge in [0, 0.05) is 11.8 Å². The van der Waals surface area contributed by atoms with Crippen molar-refractivity contribution in [1.82, 2.24) is 0 Å². The standard InChI is InChI=1S/C15H12F2N2/c1-9-5-12(4-3-11(9)8-18)19-15-7-13(16)10(2)6-14(15)17/h3-7,19H,1-2H3. The molecule has 2 nitrogen and oxygen atoms in total. The highest BCUT2D eigenvalue weighted by atomic mass is 19.1. The van der Waals surface area contributed by atoms with E-state index < -0.39 is 11.6 Å². The summed E-state index contributed by atoms with van der Waals surface area (Å²) in [4.78, 5) is 0. The van der Waals surface area contributed by atoms with Gasteiger partial charge in [-0.25, -0.2) is 8.78 Å². The number of nitriles is 1. The quantitative estimate of drug-likeness (QED) is 0.876. The van der Waals surface area contributed by atoms with Crippen LogP contribution in [-0.2, 0) is 0 Å². The van der Waals surface area contributed by atoms with E-state index >= 15 is 0 Å². The zero-order valence-corrected chi connectivity index (χ0v) is 10.6. The van der Waals surface area contributed by atoms with E-state index in [0.717, 1.165) is 17.7 Å². The van der Waals surface area contributed by atoms with Crippen LogP contribution in [0.1, 0.15) is 16.7 Å². The van der Waals surface area contributed by atoms with E-state index in [4.69, 9.17) is 5.26 Å².